The van der Waals surface area contributed by atoms with Crippen molar-refractivity contribution in [3.63, 3.8) is 0 Å². The summed E-state index contributed by atoms with van der Waals surface area (Å²) in [7, 11) is 3.72. The Morgan fingerprint density at radius 3 is 2.10 bits per heavy atom. The van der Waals surface area contributed by atoms with Gasteiger partial charge < -0.3 is 39.5 Å². The molecule has 10 nitrogen and oxygen atoms in total. The average Bonchev–Trinajstić information content (AvgIpc) is 2.87. The number of aliphatic hydroxyl groups excluding tert-OH is 3. The molecule has 2 fully saturated rings. The highest BCUT2D eigenvalue weighted by Crippen LogP contribution is 2.36. The number of likely N-dealkylation sites (N-methyl/N-ethyl adjacent to an activating group) is 1. The van der Waals surface area contributed by atoms with Crippen LogP contribution in [-0.2, 0) is 23.8 Å². The highest BCUT2D eigenvalue weighted by molar-refractivity contribution is 5.83. The third kappa shape index (κ3) is 7.78. The van der Waals surface area contributed by atoms with Crippen LogP contribution in [0.25, 0.3) is 0 Å². The second kappa shape index (κ2) is 13.7. The largest absolute Gasteiger partial charge is 0.462 e. The number of Topliss-reactive ketones (excluding diaryl/α,β-unsaturated/α-hetero) is 1. The minimum absolute atomic E-state index is 0.0304. The van der Waals surface area contributed by atoms with Crippen molar-refractivity contribution in [2.45, 2.75) is 129 Å². The summed E-state index contributed by atoms with van der Waals surface area (Å²) >= 11 is 0. The molecule has 228 valence electrons. The molecule has 0 aromatic carbocycles. The number of ketones is 1. The van der Waals surface area contributed by atoms with E-state index in [4.69, 9.17) is 14.2 Å². The van der Waals surface area contributed by atoms with Crippen molar-refractivity contribution in [1.29, 1.82) is 0 Å². The van der Waals surface area contributed by atoms with Crippen LogP contribution in [0.5, 0.6) is 0 Å². The van der Waals surface area contributed by atoms with Crippen LogP contribution >= 0.6 is 0 Å². The minimum Gasteiger partial charge on any atom is -0.462 e. The molecule has 39 heavy (non-hydrogen) atoms. The first kappa shape index (κ1) is 34.1. The summed E-state index contributed by atoms with van der Waals surface area (Å²) in [4.78, 5) is 28.6. The van der Waals surface area contributed by atoms with E-state index in [1.165, 1.54) is 6.92 Å². The Kier molecular flexibility index (Phi) is 11.9. The molecule has 14 atom stereocenters. The van der Waals surface area contributed by atoms with Crippen LogP contribution < -0.4 is 0 Å². The summed E-state index contributed by atoms with van der Waals surface area (Å²) in [5, 5.41) is 44.4. The molecule has 0 spiro atoms. The number of esters is 1. The van der Waals surface area contributed by atoms with Gasteiger partial charge in [-0.1, -0.05) is 34.6 Å². The normalized spacial score (nSPS) is 47.5. The quantitative estimate of drug-likeness (QED) is 0.376. The molecule has 0 saturated carbocycles. The van der Waals surface area contributed by atoms with E-state index in [1.807, 2.05) is 25.9 Å². The molecule has 0 aromatic heterocycles. The maximum absolute atomic E-state index is 13.5. The molecule has 2 aliphatic rings. The Bertz CT molecular complexity index is 821. The first-order valence-electron chi connectivity index (χ1n) is 14.4. The monoisotopic (exact) mass is 559 g/mol. The van der Waals surface area contributed by atoms with Gasteiger partial charge in [-0.15, -0.1) is 0 Å². The van der Waals surface area contributed by atoms with Crippen LogP contribution in [0.15, 0.2) is 0 Å². The number of carbonyl (C=O) groups is 2. The number of nitrogens with zero attached hydrogens (tertiary/aromatic N) is 1. The van der Waals surface area contributed by atoms with E-state index >= 15 is 0 Å². The molecule has 2 aliphatic heterocycles. The number of aliphatic hydroxyl groups is 4. The predicted octanol–water partition coefficient (Wildman–Crippen LogP) is 1.75. The number of hydrogen-bond acceptors (Lipinski definition) is 10. The molecular weight excluding hydrogens is 506 g/mol. The number of carbonyl (C=O) groups excluding carboxylic acids is 2. The van der Waals surface area contributed by atoms with Crippen molar-refractivity contribution < 1.29 is 44.2 Å². The fourth-order valence-electron chi connectivity index (χ4n) is 6.33. The molecule has 2 heterocycles. The Labute approximate surface area is 234 Å². The summed E-state index contributed by atoms with van der Waals surface area (Å²) in [6.07, 6.45) is -5.24. The van der Waals surface area contributed by atoms with Gasteiger partial charge in [0.15, 0.2) is 6.29 Å². The molecule has 2 unspecified atom stereocenters. The Morgan fingerprint density at radius 1 is 0.974 bits per heavy atom. The first-order valence-corrected chi connectivity index (χ1v) is 14.4. The van der Waals surface area contributed by atoms with Crippen molar-refractivity contribution in [3.05, 3.63) is 0 Å². The zero-order chi connectivity index (χ0) is 30.0. The number of cyclic esters (lactones) is 1. The zero-order valence-corrected chi connectivity index (χ0v) is 25.4. The Balaban J connectivity index is 2.48. The van der Waals surface area contributed by atoms with E-state index in [0.717, 1.165) is 0 Å². The van der Waals surface area contributed by atoms with E-state index < -0.39 is 84.1 Å². The van der Waals surface area contributed by atoms with Crippen molar-refractivity contribution in [2.75, 3.05) is 14.1 Å². The molecule has 0 aliphatic carbocycles. The molecule has 0 radical (unpaired) electrons. The van der Waals surface area contributed by atoms with Gasteiger partial charge in [-0.05, 0) is 47.7 Å². The summed E-state index contributed by atoms with van der Waals surface area (Å²) in [6.45, 7) is 13.5. The van der Waals surface area contributed by atoms with E-state index in [9.17, 15) is 30.0 Å². The van der Waals surface area contributed by atoms with Crippen LogP contribution in [0.2, 0.25) is 0 Å². The van der Waals surface area contributed by atoms with Crippen LogP contribution in [0.3, 0.4) is 0 Å². The van der Waals surface area contributed by atoms with Crippen molar-refractivity contribution in [3.8, 4) is 0 Å². The second-order valence-electron chi connectivity index (χ2n) is 12.6. The van der Waals surface area contributed by atoms with Gasteiger partial charge in [0.2, 0.25) is 0 Å². The summed E-state index contributed by atoms with van der Waals surface area (Å²) < 4.78 is 18.2. The summed E-state index contributed by atoms with van der Waals surface area (Å²) in [6, 6.07) is -0.247. The molecule has 0 aromatic rings. The third-order valence-electron chi connectivity index (χ3n) is 9.13. The lowest BCUT2D eigenvalue weighted by atomic mass is 9.75. The van der Waals surface area contributed by atoms with Crippen molar-refractivity contribution >= 4 is 11.8 Å². The van der Waals surface area contributed by atoms with Gasteiger partial charge in [-0.3, -0.25) is 9.59 Å². The standard InChI is InChI=1S/C29H53NO9/c1-11-21-15(3)24(32)16(4)23(31)14(2)13-29(8,36)27(34)17(5)26(18(6)28(35)38-21)39-22-12-20(30(9)10)25(33)19(7)37-22/h14-22,24-27,32-34,36H,11-13H2,1-10H3/t14-,15+,16+,17+,18-,19?,20?,21-,22+,24+,25-,26+,27-,29-/m1/s1. The highest BCUT2D eigenvalue weighted by atomic mass is 16.7. The van der Waals surface area contributed by atoms with E-state index in [-0.39, 0.29) is 18.2 Å². The molecule has 2 rings (SSSR count). The fraction of sp³-hybridized carbons (Fsp3) is 0.931. The van der Waals surface area contributed by atoms with Gasteiger partial charge in [0.05, 0.1) is 42.0 Å². The molecule has 2 saturated heterocycles. The lowest BCUT2D eigenvalue weighted by Crippen LogP contribution is -2.56. The van der Waals surface area contributed by atoms with E-state index in [0.29, 0.717) is 12.8 Å². The molecule has 4 N–H and O–H groups in total. The average molecular weight is 560 g/mol. The SMILES string of the molecule is CC[C@H]1OC(=O)[C@H](C)[C@@H](O[C@H]2CC(N(C)C)[C@H](O)C(C)O2)[C@H](C)[C@@H](O)[C@](C)(O)C[C@@H](C)C(=O)[C@H](C)[C@@H](O)[C@H]1C. The van der Waals surface area contributed by atoms with Gasteiger partial charge in [0.1, 0.15) is 11.9 Å². The summed E-state index contributed by atoms with van der Waals surface area (Å²) in [5.74, 6) is -4.29. The van der Waals surface area contributed by atoms with Crippen LogP contribution in [0.4, 0.5) is 0 Å². The van der Waals surface area contributed by atoms with Crippen molar-refractivity contribution in [2.24, 2.45) is 29.6 Å². The van der Waals surface area contributed by atoms with Gasteiger partial charge in [0, 0.05) is 36.1 Å². The maximum Gasteiger partial charge on any atom is 0.311 e. The van der Waals surface area contributed by atoms with Gasteiger partial charge in [-0.2, -0.15) is 0 Å². The van der Waals surface area contributed by atoms with Crippen molar-refractivity contribution in [1.82, 2.24) is 4.90 Å². The van der Waals surface area contributed by atoms with Crippen LogP contribution in [0, 0.1) is 29.6 Å². The Morgan fingerprint density at radius 2 is 1.56 bits per heavy atom. The molecule has 0 amide bonds. The topological polar surface area (TPSA) is 146 Å². The summed E-state index contributed by atoms with van der Waals surface area (Å²) in [5.41, 5.74) is -1.69. The molecule has 0 bridgehead atoms. The first-order chi connectivity index (χ1) is 17.9. The Hall–Kier alpha value is -1.14. The fourth-order valence-corrected chi connectivity index (χ4v) is 6.33. The molecular formula is C29H53NO9. The number of rotatable bonds is 4. The molecule has 10 heteroatoms. The number of ether oxygens (including phenoxy) is 3. The predicted molar refractivity (Wildman–Crippen MR) is 146 cm³/mol. The minimum atomic E-state index is -1.69. The number of hydrogen-bond donors (Lipinski definition) is 4. The zero-order valence-electron chi connectivity index (χ0n) is 25.4. The lowest BCUT2D eigenvalue weighted by Gasteiger charge is -2.44. The van der Waals surface area contributed by atoms with E-state index in [2.05, 4.69) is 0 Å². The van der Waals surface area contributed by atoms with Gasteiger partial charge in [0.25, 0.3) is 0 Å². The maximum atomic E-state index is 13.5. The van der Waals surface area contributed by atoms with Crippen LogP contribution in [0.1, 0.15) is 74.7 Å². The van der Waals surface area contributed by atoms with Crippen LogP contribution in [-0.4, -0.2) is 106 Å². The lowest BCUT2D eigenvalue weighted by molar-refractivity contribution is -0.268. The van der Waals surface area contributed by atoms with Gasteiger partial charge in [-0.25, -0.2) is 0 Å². The smallest absolute Gasteiger partial charge is 0.311 e. The highest BCUT2D eigenvalue weighted by Gasteiger charge is 2.47. The van der Waals surface area contributed by atoms with Gasteiger partial charge >= 0.3 is 5.97 Å². The van der Waals surface area contributed by atoms with E-state index in [1.54, 1.807) is 41.5 Å². The third-order valence-corrected chi connectivity index (χ3v) is 9.13. The second-order valence-corrected chi connectivity index (χ2v) is 12.6.